The van der Waals surface area contributed by atoms with Gasteiger partial charge in [-0.2, -0.15) is 0 Å². The molecule has 0 bridgehead atoms. The fraction of sp³-hybridized carbons (Fsp3) is 0.118. The molecule has 1 aliphatic heterocycles. The lowest BCUT2D eigenvalue weighted by Gasteiger charge is -2.07. The number of ether oxygens (including phenoxy) is 2. The van der Waals surface area contributed by atoms with E-state index >= 15 is 0 Å². The van der Waals surface area contributed by atoms with E-state index in [2.05, 4.69) is 0 Å². The van der Waals surface area contributed by atoms with Crippen molar-refractivity contribution in [3.63, 3.8) is 0 Å². The van der Waals surface area contributed by atoms with Gasteiger partial charge in [-0.15, -0.1) is 0 Å². The minimum absolute atomic E-state index is 0.00260. The van der Waals surface area contributed by atoms with Gasteiger partial charge in [0.05, 0.1) is 12.7 Å². The summed E-state index contributed by atoms with van der Waals surface area (Å²) in [6, 6.07) is 9.72. The molecule has 0 amide bonds. The minimum Gasteiger partial charge on any atom is -0.496 e. The van der Waals surface area contributed by atoms with Crippen molar-refractivity contribution in [1.82, 2.24) is 0 Å². The summed E-state index contributed by atoms with van der Waals surface area (Å²) in [5, 5.41) is 0.558. The second-order valence-electron chi connectivity index (χ2n) is 5.13. The van der Waals surface area contributed by atoms with Crippen molar-refractivity contribution in [2.45, 2.75) is 4.90 Å². The van der Waals surface area contributed by atoms with Crippen molar-refractivity contribution >= 4 is 33.3 Å². The highest BCUT2D eigenvalue weighted by molar-refractivity contribution is 7.91. The summed E-state index contributed by atoms with van der Waals surface area (Å²) in [6.07, 6.45) is 2.95. The number of fused-ring (bicyclic) bond motifs is 1. The second kappa shape index (κ2) is 6.30. The molecule has 2 aromatic carbocycles. The third-order valence-corrected chi connectivity index (χ3v) is 5.16. The van der Waals surface area contributed by atoms with Gasteiger partial charge in [-0.05, 0) is 29.8 Å². The Morgan fingerprint density at radius 1 is 1.29 bits per heavy atom. The number of hydrogen-bond acceptors (Lipinski definition) is 5. The average Bonchev–Trinajstić information content (AvgIpc) is 2.86. The molecule has 1 aliphatic rings. The molecular weight excluding hydrogens is 352 g/mol. The van der Waals surface area contributed by atoms with Crippen LogP contribution in [0.2, 0.25) is 5.02 Å². The van der Waals surface area contributed by atoms with E-state index in [4.69, 9.17) is 21.1 Å². The van der Waals surface area contributed by atoms with E-state index in [1.807, 2.05) is 0 Å². The molecule has 0 atom stereocenters. The van der Waals surface area contributed by atoms with E-state index in [0.717, 1.165) is 5.56 Å². The maximum atomic E-state index is 12.5. The Bertz CT molecular complexity index is 947. The van der Waals surface area contributed by atoms with Crippen LogP contribution >= 0.6 is 11.6 Å². The molecule has 0 spiro atoms. The number of rotatable bonds is 4. The van der Waals surface area contributed by atoms with Gasteiger partial charge in [-0.1, -0.05) is 29.8 Å². The first-order chi connectivity index (χ1) is 11.4. The average molecular weight is 365 g/mol. The summed E-state index contributed by atoms with van der Waals surface area (Å²) in [5.41, 5.74) is 0.913. The lowest BCUT2D eigenvalue weighted by Crippen LogP contribution is -2.03. The van der Waals surface area contributed by atoms with Crippen LogP contribution in [-0.2, 0) is 9.84 Å². The molecule has 0 N–H and O–H groups in total. The van der Waals surface area contributed by atoms with Gasteiger partial charge in [0.25, 0.3) is 0 Å². The van der Waals surface area contributed by atoms with Crippen molar-refractivity contribution < 1.29 is 22.7 Å². The maximum absolute atomic E-state index is 12.5. The lowest BCUT2D eigenvalue weighted by atomic mass is 10.1. The zero-order valence-corrected chi connectivity index (χ0v) is 14.2. The van der Waals surface area contributed by atoms with Gasteiger partial charge in [0.2, 0.25) is 9.84 Å². The number of carbonyl (C=O) groups excluding carboxylic acids is 1. The highest BCUT2D eigenvalue weighted by Gasteiger charge is 2.30. The first kappa shape index (κ1) is 16.5. The zero-order valence-electron chi connectivity index (χ0n) is 12.7. The quantitative estimate of drug-likeness (QED) is 0.614. The molecule has 0 fully saturated rings. The van der Waals surface area contributed by atoms with Gasteiger partial charge in [-0.3, -0.25) is 4.79 Å². The largest absolute Gasteiger partial charge is 0.496 e. The predicted octanol–water partition coefficient (Wildman–Crippen LogP) is 3.37. The van der Waals surface area contributed by atoms with Crippen molar-refractivity contribution in [2.24, 2.45) is 0 Å². The molecule has 0 radical (unpaired) electrons. The number of benzene rings is 2. The molecule has 1 heterocycles. The molecule has 124 valence electrons. The number of allylic oxidation sites excluding steroid dienone is 1. The van der Waals surface area contributed by atoms with E-state index in [9.17, 15) is 13.2 Å². The number of carbonyl (C=O) groups is 1. The van der Waals surface area contributed by atoms with Crippen LogP contribution in [0.25, 0.3) is 6.08 Å². The van der Waals surface area contributed by atoms with Crippen LogP contribution in [-0.4, -0.2) is 27.2 Å². The predicted molar refractivity (Wildman–Crippen MR) is 90.5 cm³/mol. The first-order valence-electron chi connectivity index (χ1n) is 6.96. The minimum atomic E-state index is -3.53. The van der Waals surface area contributed by atoms with Crippen molar-refractivity contribution in [3.8, 4) is 11.5 Å². The van der Waals surface area contributed by atoms with Crippen LogP contribution in [0.3, 0.4) is 0 Å². The third kappa shape index (κ3) is 3.16. The third-order valence-electron chi connectivity index (χ3n) is 3.51. The molecule has 7 heteroatoms. The molecular formula is C17H13ClO5S. The van der Waals surface area contributed by atoms with E-state index < -0.39 is 15.8 Å². The van der Waals surface area contributed by atoms with E-state index in [0.29, 0.717) is 5.02 Å². The maximum Gasteiger partial charge on any atom is 0.216 e. The van der Waals surface area contributed by atoms with Crippen molar-refractivity contribution in [1.29, 1.82) is 0 Å². The van der Waals surface area contributed by atoms with Gasteiger partial charge in [0, 0.05) is 11.1 Å². The van der Waals surface area contributed by atoms with Crippen LogP contribution in [0.1, 0.15) is 15.9 Å². The Kier molecular flexibility index (Phi) is 4.34. The number of methoxy groups -OCH3 is 1. The summed E-state index contributed by atoms with van der Waals surface area (Å²) in [7, 11) is -2.13. The van der Waals surface area contributed by atoms with Crippen LogP contribution in [0.5, 0.6) is 11.5 Å². The Hall–Kier alpha value is -2.31. The summed E-state index contributed by atoms with van der Waals surface area (Å²) in [5.74, 6) is -0.355. The van der Waals surface area contributed by atoms with Crippen LogP contribution in [0.15, 0.2) is 47.4 Å². The summed E-state index contributed by atoms with van der Waals surface area (Å²) >= 11 is 5.90. The fourth-order valence-electron chi connectivity index (χ4n) is 2.34. The van der Waals surface area contributed by atoms with Gasteiger partial charge in [0.15, 0.2) is 11.7 Å². The van der Waals surface area contributed by atoms with E-state index in [1.165, 1.54) is 25.3 Å². The summed E-state index contributed by atoms with van der Waals surface area (Å²) in [6.45, 7) is 0. The topological polar surface area (TPSA) is 69.7 Å². The van der Waals surface area contributed by atoms with Crippen LogP contribution < -0.4 is 9.47 Å². The molecule has 5 nitrogen and oxygen atoms in total. The number of ketones is 1. The van der Waals surface area contributed by atoms with E-state index in [-0.39, 0.29) is 27.7 Å². The zero-order chi connectivity index (χ0) is 17.3. The highest BCUT2D eigenvalue weighted by atomic mass is 35.5. The Balaban J connectivity index is 1.98. The molecule has 0 aliphatic carbocycles. The van der Waals surface area contributed by atoms with Gasteiger partial charge >= 0.3 is 0 Å². The Morgan fingerprint density at radius 3 is 2.79 bits per heavy atom. The monoisotopic (exact) mass is 364 g/mol. The molecule has 24 heavy (non-hydrogen) atoms. The highest BCUT2D eigenvalue weighted by Crippen LogP contribution is 2.37. The van der Waals surface area contributed by atoms with Gasteiger partial charge in [0.1, 0.15) is 16.4 Å². The first-order valence-corrected chi connectivity index (χ1v) is 8.99. The van der Waals surface area contributed by atoms with Gasteiger partial charge < -0.3 is 9.47 Å². The van der Waals surface area contributed by atoms with Crippen LogP contribution in [0, 0.1) is 0 Å². The smallest absolute Gasteiger partial charge is 0.216 e. The SMILES string of the molecule is COc1cc2c(cc1C(=O)/C=C/c1cccc(Cl)c1)S(=O)(=O)CO2. The second-order valence-corrected chi connectivity index (χ2v) is 7.47. The van der Waals surface area contributed by atoms with Crippen molar-refractivity contribution in [2.75, 3.05) is 13.0 Å². The molecule has 3 rings (SSSR count). The Morgan fingerprint density at radius 2 is 2.08 bits per heavy atom. The summed E-state index contributed by atoms with van der Waals surface area (Å²) in [4.78, 5) is 12.5. The lowest BCUT2D eigenvalue weighted by molar-refractivity contribution is 0.104. The molecule has 0 aromatic heterocycles. The van der Waals surface area contributed by atoms with Gasteiger partial charge in [-0.25, -0.2) is 8.42 Å². The van der Waals surface area contributed by atoms with Crippen molar-refractivity contribution in [3.05, 3.63) is 58.6 Å². The number of halogens is 1. The standard InChI is InChI=1S/C17H13ClO5S/c1-22-15-9-16-17(24(20,21)10-23-16)8-13(15)14(19)6-5-11-3-2-4-12(18)7-11/h2-9H,10H2,1H3/b6-5+. The normalized spacial score (nSPS) is 15.1. The number of hydrogen-bond donors (Lipinski definition) is 0. The number of sulfone groups is 1. The summed E-state index contributed by atoms with van der Waals surface area (Å²) < 4.78 is 34.2. The van der Waals surface area contributed by atoms with Crippen LogP contribution in [0.4, 0.5) is 0 Å². The molecule has 2 aromatic rings. The fourth-order valence-corrected chi connectivity index (χ4v) is 3.66. The Labute approximate surface area is 144 Å². The molecule has 0 unspecified atom stereocenters. The molecule has 0 saturated heterocycles. The van der Waals surface area contributed by atoms with E-state index in [1.54, 1.807) is 30.3 Å². The molecule has 0 saturated carbocycles.